The van der Waals surface area contributed by atoms with Gasteiger partial charge >= 0.3 is 5.97 Å². The molecule has 1 saturated heterocycles. The number of aromatic nitrogens is 1. The van der Waals surface area contributed by atoms with Crippen LogP contribution in [0.5, 0.6) is 17.5 Å². The van der Waals surface area contributed by atoms with Crippen LogP contribution in [0.3, 0.4) is 0 Å². The van der Waals surface area contributed by atoms with Gasteiger partial charge in [-0.2, -0.15) is 4.98 Å². The number of ether oxygens (including phenoxy) is 3. The Balaban J connectivity index is 1.73. The fraction of sp³-hybridized carbons (Fsp3) is 0.345. The van der Waals surface area contributed by atoms with Crippen molar-refractivity contribution in [2.24, 2.45) is 5.73 Å². The molecule has 4 rings (SSSR count). The summed E-state index contributed by atoms with van der Waals surface area (Å²) in [5.74, 6) is -5.50. The molecular weight excluding hydrogens is 524 g/mol. The summed E-state index contributed by atoms with van der Waals surface area (Å²) < 4.78 is 47.5. The van der Waals surface area contributed by atoms with Crippen molar-refractivity contribution >= 4 is 11.9 Å². The first-order chi connectivity index (χ1) is 19.2. The molecule has 0 spiro atoms. The second kappa shape index (κ2) is 12.8. The maximum atomic E-state index is 15.7. The number of aryl methyl sites for hydroxylation is 1. The van der Waals surface area contributed by atoms with Crippen LogP contribution in [0.25, 0.3) is 11.1 Å². The van der Waals surface area contributed by atoms with E-state index in [1.807, 2.05) is 37.3 Å². The minimum Gasteiger partial charge on any atom is -0.479 e. The van der Waals surface area contributed by atoms with Crippen molar-refractivity contribution in [3.8, 4) is 28.6 Å². The van der Waals surface area contributed by atoms with Crippen LogP contribution in [0.1, 0.15) is 30.0 Å². The van der Waals surface area contributed by atoms with Crippen molar-refractivity contribution in [1.82, 2.24) is 9.88 Å². The second-order valence-corrected chi connectivity index (χ2v) is 9.39. The van der Waals surface area contributed by atoms with Crippen LogP contribution in [0.2, 0.25) is 0 Å². The highest BCUT2D eigenvalue weighted by Crippen LogP contribution is 2.34. The van der Waals surface area contributed by atoms with E-state index < -0.39 is 53.4 Å². The Kier molecular flexibility index (Phi) is 9.28. The van der Waals surface area contributed by atoms with Gasteiger partial charge in [0, 0.05) is 25.2 Å². The van der Waals surface area contributed by atoms with E-state index in [9.17, 15) is 14.7 Å². The summed E-state index contributed by atoms with van der Waals surface area (Å²) in [5.41, 5.74) is 8.49. The maximum absolute atomic E-state index is 15.7. The molecule has 1 aromatic heterocycles. The number of halogens is 2. The van der Waals surface area contributed by atoms with Crippen molar-refractivity contribution in [3.05, 3.63) is 70.8 Å². The molecule has 1 aliphatic rings. The van der Waals surface area contributed by atoms with Crippen LogP contribution in [-0.4, -0.2) is 59.3 Å². The van der Waals surface area contributed by atoms with Gasteiger partial charge in [0.15, 0.2) is 17.7 Å². The topological polar surface area (TPSA) is 124 Å². The number of pyridine rings is 1. The van der Waals surface area contributed by atoms with E-state index in [4.69, 9.17) is 19.9 Å². The zero-order chi connectivity index (χ0) is 28.8. The third-order valence-electron chi connectivity index (χ3n) is 6.46. The Morgan fingerprint density at radius 3 is 2.50 bits per heavy atom. The Labute approximate surface area is 230 Å². The molecule has 0 aliphatic carbocycles. The first-order valence-electron chi connectivity index (χ1n) is 12.9. The van der Waals surface area contributed by atoms with Gasteiger partial charge in [-0.25, -0.2) is 13.6 Å². The highest BCUT2D eigenvalue weighted by Gasteiger charge is 2.29. The monoisotopic (exact) mass is 555 g/mol. The van der Waals surface area contributed by atoms with Crippen molar-refractivity contribution in [3.63, 3.8) is 0 Å². The number of morpholine rings is 1. The van der Waals surface area contributed by atoms with Gasteiger partial charge in [0.05, 0.1) is 19.6 Å². The maximum Gasteiger partial charge on any atom is 0.344 e. The molecule has 9 nitrogen and oxygen atoms in total. The smallest absolute Gasteiger partial charge is 0.344 e. The average molecular weight is 556 g/mol. The number of nitrogens with zero attached hydrogens (tertiary/aromatic N) is 2. The normalized spacial score (nSPS) is 14.1. The predicted molar refractivity (Wildman–Crippen MR) is 142 cm³/mol. The zero-order valence-corrected chi connectivity index (χ0v) is 22.3. The number of benzene rings is 2. The number of hydrogen-bond acceptors (Lipinski definition) is 7. The Hall–Kier alpha value is -4.09. The molecule has 1 amide bonds. The molecule has 2 aromatic carbocycles. The van der Waals surface area contributed by atoms with Crippen molar-refractivity contribution < 1.29 is 37.7 Å². The first kappa shape index (κ1) is 28.9. The van der Waals surface area contributed by atoms with Crippen LogP contribution in [0.15, 0.2) is 42.5 Å². The van der Waals surface area contributed by atoms with E-state index in [0.29, 0.717) is 19.8 Å². The summed E-state index contributed by atoms with van der Waals surface area (Å²) in [7, 11) is 0. The van der Waals surface area contributed by atoms with E-state index in [1.54, 1.807) is 12.1 Å². The van der Waals surface area contributed by atoms with Gasteiger partial charge in [-0.05, 0) is 53.8 Å². The summed E-state index contributed by atoms with van der Waals surface area (Å²) in [6.07, 6.45) is -2.08. The summed E-state index contributed by atoms with van der Waals surface area (Å²) in [6.45, 7) is 4.93. The van der Waals surface area contributed by atoms with Crippen LogP contribution in [0, 0.1) is 18.6 Å². The molecule has 3 aromatic rings. The molecule has 1 fully saturated rings. The van der Waals surface area contributed by atoms with Gasteiger partial charge in [0.2, 0.25) is 5.91 Å². The number of rotatable bonds is 10. The van der Waals surface area contributed by atoms with E-state index >= 15 is 8.78 Å². The molecule has 1 atom stereocenters. The van der Waals surface area contributed by atoms with Crippen LogP contribution in [-0.2, 0) is 27.3 Å². The molecule has 0 unspecified atom stereocenters. The molecule has 3 N–H and O–H groups in total. The number of carbonyl (C=O) groups is 2. The van der Waals surface area contributed by atoms with Crippen molar-refractivity contribution in [1.29, 1.82) is 0 Å². The van der Waals surface area contributed by atoms with E-state index in [-0.39, 0.29) is 25.3 Å². The lowest BCUT2D eigenvalue weighted by Gasteiger charge is -2.27. The summed E-state index contributed by atoms with van der Waals surface area (Å²) in [5, 5.41) is 9.42. The molecule has 1 aliphatic heterocycles. The number of amides is 1. The molecular formula is C29H31F2N3O6. The lowest BCUT2D eigenvalue weighted by Crippen LogP contribution is -2.41. The summed E-state index contributed by atoms with van der Waals surface area (Å²) in [6, 6.07) is 12.8. The van der Waals surface area contributed by atoms with Crippen LogP contribution < -0.4 is 15.2 Å². The fourth-order valence-corrected chi connectivity index (χ4v) is 4.33. The predicted octanol–water partition coefficient (Wildman–Crippen LogP) is 4.23. The number of carboxylic acids is 1. The minimum absolute atomic E-state index is 0.00480. The van der Waals surface area contributed by atoms with Gasteiger partial charge in [0.1, 0.15) is 5.75 Å². The third kappa shape index (κ3) is 6.72. The number of nitrogens with two attached hydrogens (primary N) is 1. The molecule has 0 radical (unpaired) electrons. The van der Waals surface area contributed by atoms with E-state index in [1.165, 1.54) is 11.8 Å². The van der Waals surface area contributed by atoms with Gasteiger partial charge in [-0.15, -0.1) is 0 Å². The highest BCUT2D eigenvalue weighted by molar-refractivity contribution is 5.79. The van der Waals surface area contributed by atoms with E-state index in [2.05, 4.69) is 4.98 Å². The van der Waals surface area contributed by atoms with Gasteiger partial charge < -0.3 is 30.0 Å². The fourth-order valence-electron chi connectivity index (χ4n) is 4.33. The standard InChI is InChI=1S/C29H31F2N3O6/c1-3-23(29(36)37)40-28-26(31)22(15-24(35)34-7-9-38-10-8-34)25(30)27(33-28)39-21-12-17(2)11-20(14-21)19-6-4-5-18(13-19)16-32/h4-6,11-14,23H,3,7-10,15-16,32H2,1-2H3,(H,36,37)/t23-/m1/s1. The lowest BCUT2D eigenvalue weighted by molar-refractivity contribution is -0.145. The number of carbonyl (C=O) groups excluding carboxylic acids is 1. The lowest BCUT2D eigenvalue weighted by atomic mass is 10.0. The number of hydrogen-bond donors (Lipinski definition) is 2. The molecule has 11 heteroatoms. The van der Waals surface area contributed by atoms with Gasteiger partial charge in [-0.1, -0.05) is 31.2 Å². The SMILES string of the molecule is CC[C@@H](Oc1nc(Oc2cc(C)cc(-c3cccc(CN)c3)c2)c(F)c(CC(=O)N2CCOCC2)c1F)C(=O)O. The highest BCUT2D eigenvalue weighted by atomic mass is 19.1. The molecule has 0 saturated carbocycles. The summed E-state index contributed by atoms with van der Waals surface area (Å²) in [4.78, 5) is 29.7. The van der Waals surface area contributed by atoms with Crippen LogP contribution in [0.4, 0.5) is 8.78 Å². The van der Waals surface area contributed by atoms with Gasteiger partial charge in [-0.3, -0.25) is 4.79 Å². The average Bonchev–Trinajstić information content (AvgIpc) is 2.96. The quantitative estimate of drug-likeness (QED) is 0.381. The first-order valence-corrected chi connectivity index (χ1v) is 12.9. The molecule has 0 bridgehead atoms. The zero-order valence-electron chi connectivity index (χ0n) is 22.3. The third-order valence-corrected chi connectivity index (χ3v) is 6.46. The van der Waals surface area contributed by atoms with Crippen LogP contribution >= 0.6 is 0 Å². The molecule has 40 heavy (non-hydrogen) atoms. The van der Waals surface area contributed by atoms with Crippen molar-refractivity contribution in [2.45, 2.75) is 39.3 Å². The molecule has 2 heterocycles. The Morgan fingerprint density at radius 2 is 1.82 bits per heavy atom. The largest absolute Gasteiger partial charge is 0.479 e. The Bertz CT molecular complexity index is 1390. The van der Waals surface area contributed by atoms with E-state index in [0.717, 1.165) is 22.3 Å². The summed E-state index contributed by atoms with van der Waals surface area (Å²) >= 11 is 0. The Morgan fingerprint density at radius 1 is 1.10 bits per heavy atom. The van der Waals surface area contributed by atoms with Crippen molar-refractivity contribution in [2.75, 3.05) is 26.3 Å². The second-order valence-electron chi connectivity index (χ2n) is 9.39. The van der Waals surface area contributed by atoms with Gasteiger partial charge in [0.25, 0.3) is 11.8 Å². The molecule has 212 valence electrons. The number of aliphatic carboxylic acids is 1. The number of carboxylic acid groups (broad SMARTS) is 1. The minimum atomic E-state index is -1.44.